The predicted molar refractivity (Wildman–Crippen MR) is 104 cm³/mol. The van der Waals surface area contributed by atoms with Gasteiger partial charge in [-0.05, 0) is 37.1 Å². The number of benzene rings is 1. The van der Waals surface area contributed by atoms with Crippen LogP contribution in [-0.4, -0.2) is 34.0 Å². The van der Waals surface area contributed by atoms with Crippen LogP contribution < -0.4 is 5.32 Å². The Morgan fingerprint density at radius 3 is 2.78 bits per heavy atom. The monoisotopic (exact) mass is 405 g/mol. The van der Waals surface area contributed by atoms with Crippen LogP contribution >= 0.6 is 23.1 Å². The van der Waals surface area contributed by atoms with Crippen molar-refractivity contribution in [2.75, 3.05) is 17.6 Å². The summed E-state index contributed by atoms with van der Waals surface area (Å²) in [6.07, 6.45) is 3.76. The Labute approximate surface area is 165 Å². The summed E-state index contributed by atoms with van der Waals surface area (Å²) < 4.78 is 13.0. The Kier molecular flexibility index (Phi) is 5.45. The summed E-state index contributed by atoms with van der Waals surface area (Å²) in [4.78, 5) is 32.9. The molecule has 0 unspecified atom stereocenters. The van der Waals surface area contributed by atoms with E-state index in [2.05, 4.69) is 10.3 Å². The first kappa shape index (κ1) is 18.4. The molecular formula is C19H20FN3O2S2. The molecule has 0 spiro atoms. The third-order valence-electron chi connectivity index (χ3n) is 4.97. The maximum Gasteiger partial charge on any atom is 0.233 e. The Morgan fingerprint density at radius 2 is 2.07 bits per heavy atom. The van der Waals surface area contributed by atoms with E-state index in [1.54, 1.807) is 12.1 Å². The van der Waals surface area contributed by atoms with E-state index in [1.807, 2.05) is 4.90 Å². The molecular weight excluding hydrogens is 385 g/mol. The van der Waals surface area contributed by atoms with Crippen LogP contribution in [0.2, 0.25) is 0 Å². The van der Waals surface area contributed by atoms with Crippen LogP contribution in [0.4, 0.5) is 9.52 Å². The number of hydrogen-bond donors (Lipinski definition) is 1. The van der Waals surface area contributed by atoms with Crippen molar-refractivity contribution in [1.82, 2.24) is 9.88 Å². The van der Waals surface area contributed by atoms with E-state index in [4.69, 9.17) is 0 Å². The first-order chi connectivity index (χ1) is 13.1. The minimum atomic E-state index is -0.278. The molecule has 8 heteroatoms. The Bertz CT molecular complexity index is 849. The van der Waals surface area contributed by atoms with Gasteiger partial charge in [0, 0.05) is 28.7 Å². The fourth-order valence-corrected chi connectivity index (χ4v) is 4.93. The number of hydrogen-bond acceptors (Lipinski definition) is 5. The minimum absolute atomic E-state index is 0.0587. The molecule has 0 atom stereocenters. The fourth-order valence-electron chi connectivity index (χ4n) is 3.11. The number of aromatic nitrogens is 1. The molecule has 0 saturated heterocycles. The largest absolute Gasteiger partial charge is 0.336 e. The van der Waals surface area contributed by atoms with Crippen LogP contribution in [0.5, 0.6) is 0 Å². The summed E-state index contributed by atoms with van der Waals surface area (Å²) >= 11 is 2.88. The molecule has 2 amide bonds. The summed E-state index contributed by atoms with van der Waals surface area (Å²) in [6.45, 7) is 1.17. The molecule has 4 rings (SSSR count). The van der Waals surface area contributed by atoms with E-state index in [9.17, 15) is 14.0 Å². The molecule has 27 heavy (non-hydrogen) atoms. The highest BCUT2D eigenvalue weighted by Gasteiger charge is 2.28. The van der Waals surface area contributed by atoms with Crippen molar-refractivity contribution in [3.63, 3.8) is 0 Å². The maximum absolute atomic E-state index is 13.0. The number of nitrogens with one attached hydrogen (secondary N) is 1. The molecule has 2 aliphatic rings. The first-order valence-electron chi connectivity index (χ1n) is 9.04. The highest BCUT2D eigenvalue weighted by Crippen LogP contribution is 2.31. The highest BCUT2D eigenvalue weighted by molar-refractivity contribution is 8.00. The fraction of sp³-hybridized carbons (Fsp3) is 0.421. The number of amides is 2. The molecule has 2 heterocycles. The van der Waals surface area contributed by atoms with Crippen molar-refractivity contribution in [2.24, 2.45) is 5.92 Å². The van der Waals surface area contributed by atoms with Gasteiger partial charge in [-0.3, -0.25) is 9.59 Å². The van der Waals surface area contributed by atoms with Crippen molar-refractivity contribution < 1.29 is 14.0 Å². The smallest absolute Gasteiger partial charge is 0.233 e. The SMILES string of the molecule is O=C(Nc1nc2c(s1)CN(C(=O)CSc1ccc(F)cc1)CC2)C1CCC1. The van der Waals surface area contributed by atoms with Crippen molar-refractivity contribution in [2.45, 2.75) is 37.1 Å². The number of carbonyl (C=O) groups is 2. The highest BCUT2D eigenvalue weighted by atomic mass is 32.2. The molecule has 0 radical (unpaired) electrons. The van der Waals surface area contributed by atoms with E-state index in [0.29, 0.717) is 30.4 Å². The summed E-state index contributed by atoms with van der Waals surface area (Å²) in [7, 11) is 0. The number of halogens is 1. The van der Waals surface area contributed by atoms with Gasteiger partial charge in [0.05, 0.1) is 18.0 Å². The lowest BCUT2D eigenvalue weighted by molar-refractivity contribution is -0.129. The average molecular weight is 406 g/mol. The summed E-state index contributed by atoms with van der Waals surface area (Å²) in [6, 6.07) is 6.16. The van der Waals surface area contributed by atoms with Gasteiger partial charge >= 0.3 is 0 Å². The van der Waals surface area contributed by atoms with Crippen molar-refractivity contribution in [3.8, 4) is 0 Å². The molecule has 1 aromatic heterocycles. The van der Waals surface area contributed by atoms with Gasteiger partial charge in [0.15, 0.2) is 5.13 Å². The molecule has 142 valence electrons. The van der Waals surface area contributed by atoms with Crippen LogP contribution in [0.15, 0.2) is 29.2 Å². The van der Waals surface area contributed by atoms with E-state index < -0.39 is 0 Å². The van der Waals surface area contributed by atoms with Gasteiger partial charge in [-0.25, -0.2) is 9.37 Å². The van der Waals surface area contributed by atoms with E-state index in [1.165, 1.54) is 35.2 Å². The van der Waals surface area contributed by atoms with Crippen molar-refractivity contribution in [1.29, 1.82) is 0 Å². The lowest BCUT2D eigenvalue weighted by Crippen LogP contribution is -2.36. The van der Waals surface area contributed by atoms with E-state index >= 15 is 0 Å². The zero-order chi connectivity index (χ0) is 18.8. The molecule has 2 aromatic rings. The maximum atomic E-state index is 13.0. The predicted octanol–water partition coefficient (Wildman–Crippen LogP) is 3.70. The summed E-state index contributed by atoms with van der Waals surface area (Å²) in [5.74, 6) is 0.303. The number of thiazole rings is 1. The molecule has 5 nitrogen and oxygen atoms in total. The van der Waals surface area contributed by atoms with Crippen molar-refractivity contribution in [3.05, 3.63) is 40.7 Å². The third kappa shape index (κ3) is 4.32. The number of anilines is 1. The number of thioether (sulfide) groups is 1. The molecule has 0 bridgehead atoms. The second-order valence-corrected chi connectivity index (χ2v) is 8.95. The van der Waals surface area contributed by atoms with Crippen LogP contribution in [0.25, 0.3) is 0 Å². The zero-order valence-corrected chi connectivity index (χ0v) is 16.4. The van der Waals surface area contributed by atoms with Gasteiger partial charge in [-0.2, -0.15) is 0 Å². The van der Waals surface area contributed by atoms with Crippen LogP contribution in [-0.2, 0) is 22.6 Å². The Balaban J connectivity index is 1.32. The number of rotatable bonds is 5. The number of nitrogens with zero attached hydrogens (tertiary/aromatic N) is 2. The molecule has 1 fully saturated rings. The molecule has 1 aliphatic heterocycles. The Morgan fingerprint density at radius 1 is 1.30 bits per heavy atom. The summed E-state index contributed by atoms with van der Waals surface area (Å²) in [5.41, 5.74) is 0.985. The van der Waals surface area contributed by atoms with Crippen LogP contribution in [0.1, 0.15) is 29.8 Å². The second-order valence-electron chi connectivity index (χ2n) is 6.81. The lowest BCUT2D eigenvalue weighted by Gasteiger charge is -2.26. The first-order valence-corrected chi connectivity index (χ1v) is 10.8. The van der Waals surface area contributed by atoms with Gasteiger partial charge in [0.2, 0.25) is 11.8 Å². The normalized spacial score (nSPS) is 16.6. The van der Waals surface area contributed by atoms with Gasteiger partial charge in [-0.1, -0.05) is 17.8 Å². The van der Waals surface area contributed by atoms with E-state index in [-0.39, 0.29) is 23.5 Å². The number of carbonyl (C=O) groups excluding carboxylic acids is 2. The van der Waals surface area contributed by atoms with Crippen LogP contribution in [0, 0.1) is 11.7 Å². The number of fused-ring (bicyclic) bond motifs is 1. The standard InChI is InChI=1S/C19H20FN3O2S2/c20-13-4-6-14(7-5-13)26-11-17(24)23-9-8-15-16(10-23)27-19(21-15)22-18(25)12-2-1-3-12/h4-7,12H,1-3,8-11H2,(H,21,22,25). The van der Waals surface area contributed by atoms with Gasteiger partial charge in [-0.15, -0.1) is 11.8 Å². The minimum Gasteiger partial charge on any atom is -0.336 e. The van der Waals surface area contributed by atoms with Crippen molar-refractivity contribution >= 4 is 40.0 Å². The third-order valence-corrected chi connectivity index (χ3v) is 6.96. The molecule has 1 saturated carbocycles. The van der Waals surface area contributed by atoms with Gasteiger partial charge in [0.25, 0.3) is 0 Å². The average Bonchev–Trinajstić information content (AvgIpc) is 3.00. The molecule has 1 aliphatic carbocycles. The van der Waals surface area contributed by atoms with Crippen LogP contribution in [0.3, 0.4) is 0 Å². The topological polar surface area (TPSA) is 62.3 Å². The zero-order valence-electron chi connectivity index (χ0n) is 14.7. The quantitative estimate of drug-likeness (QED) is 0.771. The van der Waals surface area contributed by atoms with Gasteiger partial charge in [0.1, 0.15) is 5.82 Å². The summed E-state index contributed by atoms with van der Waals surface area (Å²) in [5, 5.41) is 3.57. The Hall–Kier alpha value is -1.93. The lowest BCUT2D eigenvalue weighted by atomic mass is 9.85. The molecule has 1 N–H and O–H groups in total. The van der Waals surface area contributed by atoms with E-state index in [0.717, 1.165) is 34.7 Å². The second kappa shape index (κ2) is 7.98. The molecule has 1 aromatic carbocycles. The van der Waals surface area contributed by atoms with Gasteiger partial charge < -0.3 is 10.2 Å².